The van der Waals surface area contributed by atoms with Crippen molar-refractivity contribution in [2.45, 2.75) is 20.4 Å². The quantitative estimate of drug-likeness (QED) is 0.470. The van der Waals surface area contributed by atoms with Crippen molar-refractivity contribution in [2.75, 3.05) is 0 Å². The summed E-state index contributed by atoms with van der Waals surface area (Å²) in [5.74, 6) is -0.475. The fraction of sp³-hybridized carbons (Fsp3) is 0.136. The average Bonchev–Trinajstić information content (AvgIpc) is 3.09. The monoisotopic (exact) mass is 392 g/mol. The fourth-order valence-corrected chi connectivity index (χ4v) is 4.19. The third-order valence-electron chi connectivity index (χ3n) is 4.71. The van der Waals surface area contributed by atoms with Gasteiger partial charge in [-0.15, -0.1) is 11.3 Å². The van der Waals surface area contributed by atoms with Crippen LogP contribution >= 0.6 is 11.3 Å². The molecule has 0 aliphatic carbocycles. The number of fused-ring (bicyclic) bond motifs is 1. The highest BCUT2D eigenvalue weighted by molar-refractivity contribution is 7.17. The summed E-state index contributed by atoms with van der Waals surface area (Å²) in [6.07, 6.45) is 1.41. The maximum absolute atomic E-state index is 13.2. The Morgan fingerprint density at radius 1 is 1.14 bits per heavy atom. The fourth-order valence-electron chi connectivity index (χ4n) is 3.29. The van der Waals surface area contributed by atoms with Crippen molar-refractivity contribution in [1.29, 1.82) is 0 Å². The average molecular weight is 392 g/mol. The summed E-state index contributed by atoms with van der Waals surface area (Å²) in [4.78, 5) is 30.7. The van der Waals surface area contributed by atoms with Gasteiger partial charge in [0, 0.05) is 16.5 Å². The number of benzene rings is 2. The van der Waals surface area contributed by atoms with Gasteiger partial charge in [-0.1, -0.05) is 35.9 Å². The molecule has 0 atom stereocenters. The second kappa shape index (κ2) is 7.13. The Bertz CT molecular complexity index is 1260. The molecule has 0 fully saturated rings. The molecule has 0 aliphatic heterocycles. The molecule has 0 spiro atoms. The lowest BCUT2D eigenvalue weighted by Gasteiger charge is -2.08. The number of nitrogens with zero attached hydrogens (tertiary/aromatic N) is 2. The first kappa shape index (κ1) is 18.3. The summed E-state index contributed by atoms with van der Waals surface area (Å²) in [7, 11) is 0. The summed E-state index contributed by atoms with van der Waals surface area (Å²) in [5.41, 5.74) is 3.73. The summed E-state index contributed by atoms with van der Waals surface area (Å²) in [6, 6.07) is 11.6. The van der Waals surface area contributed by atoms with E-state index in [1.54, 1.807) is 18.2 Å². The number of carbonyl (C=O) groups excluding carboxylic acids is 1. The van der Waals surface area contributed by atoms with Crippen molar-refractivity contribution in [3.05, 3.63) is 87.0 Å². The molecular weight excluding hydrogens is 375 g/mol. The topological polar surface area (TPSA) is 52.0 Å². The Kier molecular flexibility index (Phi) is 4.65. The molecule has 4 aromatic rings. The van der Waals surface area contributed by atoms with Gasteiger partial charge in [-0.2, -0.15) is 0 Å². The molecule has 2 heterocycles. The van der Waals surface area contributed by atoms with Gasteiger partial charge in [0.15, 0.2) is 5.78 Å². The minimum absolute atomic E-state index is 0.0790. The summed E-state index contributed by atoms with van der Waals surface area (Å²) < 4.78 is 14.6. The number of aromatic nitrogens is 2. The van der Waals surface area contributed by atoms with Gasteiger partial charge in [-0.25, -0.2) is 9.37 Å². The van der Waals surface area contributed by atoms with Crippen LogP contribution in [0.2, 0.25) is 0 Å². The largest absolute Gasteiger partial charge is 0.292 e. The first-order valence-electron chi connectivity index (χ1n) is 8.77. The predicted molar refractivity (Wildman–Crippen MR) is 110 cm³/mol. The van der Waals surface area contributed by atoms with Crippen molar-refractivity contribution >= 4 is 27.3 Å². The van der Waals surface area contributed by atoms with E-state index >= 15 is 0 Å². The Labute approximate surface area is 164 Å². The number of hydrogen-bond acceptors (Lipinski definition) is 4. The van der Waals surface area contributed by atoms with E-state index in [0.29, 0.717) is 21.3 Å². The molecule has 4 nitrogen and oxygen atoms in total. The highest BCUT2D eigenvalue weighted by Crippen LogP contribution is 2.30. The second-order valence-electron chi connectivity index (χ2n) is 6.76. The van der Waals surface area contributed by atoms with E-state index in [9.17, 15) is 14.0 Å². The SMILES string of the molecule is Cc1ccc(C(=O)Cn2cnc3scc(-c4ccc(F)cc4)c3c2=O)c(C)c1. The van der Waals surface area contributed by atoms with Gasteiger partial charge in [0.1, 0.15) is 10.6 Å². The van der Waals surface area contributed by atoms with Gasteiger partial charge in [0.05, 0.1) is 18.3 Å². The maximum atomic E-state index is 13.2. The zero-order chi connectivity index (χ0) is 19.8. The van der Waals surface area contributed by atoms with E-state index in [2.05, 4.69) is 4.98 Å². The molecule has 0 N–H and O–H groups in total. The first-order chi connectivity index (χ1) is 13.4. The van der Waals surface area contributed by atoms with Crippen molar-refractivity contribution in [1.82, 2.24) is 9.55 Å². The van der Waals surface area contributed by atoms with E-state index in [1.807, 2.05) is 31.4 Å². The maximum Gasteiger partial charge on any atom is 0.263 e. The van der Waals surface area contributed by atoms with Gasteiger partial charge in [0.25, 0.3) is 5.56 Å². The molecular formula is C22H17FN2O2S. The van der Waals surface area contributed by atoms with E-state index in [4.69, 9.17) is 0 Å². The van der Waals surface area contributed by atoms with E-state index in [1.165, 1.54) is 34.4 Å². The van der Waals surface area contributed by atoms with Crippen LogP contribution in [0, 0.1) is 19.7 Å². The zero-order valence-electron chi connectivity index (χ0n) is 15.4. The number of halogens is 1. The molecule has 0 unspecified atom stereocenters. The number of aryl methyl sites for hydroxylation is 2. The van der Waals surface area contributed by atoms with Crippen LogP contribution in [-0.2, 0) is 6.54 Å². The summed E-state index contributed by atoms with van der Waals surface area (Å²) in [6.45, 7) is 3.78. The summed E-state index contributed by atoms with van der Waals surface area (Å²) in [5, 5.41) is 2.29. The van der Waals surface area contributed by atoms with Gasteiger partial charge in [0.2, 0.25) is 0 Å². The smallest absolute Gasteiger partial charge is 0.263 e. The number of carbonyl (C=O) groups is 1. The molecule has 2 aromatic carbocycles. The first-order valence-corrected chi connectivity index (χ1v) is 9.65. The predicted octanol–water partition coefficient (Wildman–Crippen LogP) is 4.76. The lowest BCUT2D eigenvalue weighted by molar-refractivity contribution is 0.0970. The van der Waals surface area contributed by atoms with Crippen molar-refractivity contribution in [3.8, 4) is 11.1 Å². The van der Waals surface area contributed by atoms with Crippen LogP contribution in [0.1, 0.15) is 21.5 Å². The van der Waals surface area contributed by atoms with Crippen LogP contribution in [0.3, 0.4) is 0 Å². The number of rotatable bonds is 4. The van der Waals surface area contributed by atoms with Gasteiger partial charge in [-0.3, -0.25) is 14.2 Å². The summed E-state index contributed by atoms with van der Waals surface area (Å²) >= 11 is 1.35. The molecule has 0 radical (unpaired) electrons. The van der Waals surface area contributed by atoms with Crippen LogP contribution in [0.4, 0.5) is 4.39 Å². The molecule has 0 amide bonds. The van der Waals surface area contributed by atoms with Gasteiger partial charge in [-0.05, 0) is 37.1 Å². The molecule has 0 saturated carbocycles. The molecule has 0 bridgehead atoms. The highest BCUT2D eigenvalue weighted by Gasteiger charge is 2.16. The number of ketones is 1. The molecule has 28 heavy (non-hydrogen) atoms. The van der Waals surface area contributed by atoms with Gasteiger partial charge < -0.3 is 0 Å². The Morgan fingerprint density at radius 3 is 2.61 bits per heavy atom. The van der Waals surface area contributed by atoms with Gasteiger partial charge >= 0.3 is 0 Å². The third-order valence-corrected chi connectivity index (χ3v) is 5.60. The number of thiophene rings is 1. The zero-order valence-corrected chi connectivity index (χ0v) is 16.2. The van der Waals surface area contributed by atoms with Crippen molar-refractivity contribution in [3.63, 3.8) is 0 Å². The van der Waals surface area contributed by atoms with Crippen molar-refractivity contribution in [2.24, 2.45) is 0 Å². The molecule has 6 heteroatoms. The molecule has 0 saturated heterocycles. The third kappa shape index (κ3) is 3.27. The lowest BCUT2D eigenvalue weighted by Crippen LogP contribution is -2.25. The van der Waals surface area contributed by atoms with Crippen LogP contribution in [0.25, 0.3) is 21.3 Å². The van der Waals surface area contributed by atoms with Crippen LogP contribution in [0.15, 0.2) is 59.0 Å². The van der Waals surface area contributed by atoms with Crippen molar-refractivity contribution < 1.29 is 9.18 Å². The molecule has 0 aliphatic rings. The van der Waals surface area contributed by atoms with E-state index in [-0.39, 0.29) is 23.7 Å². The standard InChI is InChI=1S/C22H17FN2O2S/c1-13-3-8-17(14(2)9-13)19(26)10-25-12-24-21-20(22(25)27)18(11-28-21)15-4-6-16(23)7-5-15/h3-9,11-12H,10H2,1-2H3. The lowest BCUT2D eigenvalue weighted by atomic mass is 10.0. The Morgan fingerprint density at radius 2 is 1.89 bits per heavy atom. The van der Waals surface area contributed by atoms with Crippen LogP contribution < -0.4 is 5.56 Å². The van der Waals surface area contributed by atoms with E-state index < -0.39 is 0 Å². The minimum Gasteiger partial charge on any atom is -0.292 e. The molecule has 2 aromatic heterocycles. The van der Waals surface area contributed by atoms with E-state index in [0.717, 1.165) is 16.7 Å². The Balaban J connectivity index is 1.75. The van der Waals surface area contributed by atoms with Crippen LogP contribution in [0.5, 0.6) is 0 Å². The second-order valence-corrected chi connectivity index (χ2v) is 7.61. The normalized spacial score (nSPS) is 11.1. The van der Waals surface area contributed by atoms with Crippen LogP contribution in [-0.4, -0.2) is 15.3 Å². The molecule has 4 rings (SSSR count). The number of Topliss-reactive ketones (excluding diaryl/α,β-unsaturated/α-hetero) is 1. The number of hydrogen-bond donors (Lipinski definition) is 0. The minimum atomic E-state index is -0.335. The Hall–Kier alpha value is -3.12. The highest BCUT2D eigenvalue weighted by atomic mass is 32.1. The molecule has 140 valence electrons.